The molecule has 0 amide bonds. The molecule has 1 aromatic carbocycles. The maximum Gasteiger partial charge on any atom is 0.507 e. The number of carbonyl (C=O) groups is 2. The van der Waals surface area contributed by atoms with E-state index >= 15 is 0 Å². The Morgan fingerprint density at radius 2 is 1.52 bits per heavy atom. The van der Waals surface area contributed by atoms with E-state index in [0.29, 0.717) is 0 Å². The van der Waals surface area contributed by atoms with Gasteiger partial charge in [-0.1, -0.05) is 0 Å². The van der Waals surface area contributed by atoms with Crippen LogP contribution in [0.3, 0.4) is 0 Å². The number of fused-ring (bicyclic) bond motifs is 1. The highest BCUT2D eigenvalue weighted by Gasteiger charge is 2.65. The Hall–Kier alpha value is -2.84. The van der Waals surface area contributed by atoms with Gasteiger partial charge in [0, 0.05) is 18.4 Å². The summed E-state index contributed by atoms with van der Waals surface area (Å²) in [5.41, 5.74) is -0.0735. The molecule has 25 heavy (non-hydrogen) atoms. The number of alkyl halides is 4. The van der Waals surface area contributed by atoms with Crippen molar-refractivity contribution < 1.29 is 41.0 Å². The van der Waals surface area contributed by atoms with Crippen LogP contribution >= 0.6 is 0 Å². The van der Waals surface area contributed by atoms with Gasteiger partial charge >= 0.3 is 12.2 Å². The molecule has 1 aliphatic rings. The van der Waals surface area contributed by atoms with Gasteiger partial charge in [0.15, 0.2) is 28.8 Å². The van der Waals surface area contributed by atoms with Crippen molar-refractivity contribution >= 4 is 11.6 Å². The van der Waals surface area contributed by atoms with Gasteiger partial charge in [0.1, 0.15) is 0 Å². The number of rotatable bonds is 5. The normalized spacial score (nSPS) is 17.1. The van der Waals surface area contributed by atoms with E-state index in [1.165, 1.54) is 18.4 Å². The predicted octanol–water partition coefficient (Wildman–Crippen LogP) is 4.08. The number of hydrogen-bond donors (Lipinski definition) is 0. The van der Waals surface area contributed by atoms with Crippen LogP contribution in [0.5, 0.6) is 11.5 Å². The lowest BCUT2D eigenvalue weighted by molar-refractivity contribution is -0.391. The quantitative estimate of drug-likeness (QED) is 0.595. The number of hydrogen-bond acceptors (Lipinski definition) is 5. The first-order chi connectivity index (χ1) is 11.7. The maximum absolute atomic E-state index is 13.2. The van der Waals surface area contributed by atoms with E-state index in [1.807, 2.05) is 0 Å². The van der Waals surface area contributed by atoms with Crippen molar-refractivity contribution in [2.45, 2.75) is 25.1 Å². The van der Waals surface area contributed by atoms with Gasteiger partial charge in [-0.2, -0.15) is 17.6 Å². The molecule has 0 spiro atoms. The van der Waals surface area contributed by atoms with Crippen molar-refractivity contribution in [3.63, 3.8) is 0 Å². The first-order valence-electron chi connectivity index (χ1n) is 7.07. The lowest BCUT2D eigenvalue weighted by atomic mass is 10.0. The first-order valence-corrected chi connectivity index (χ1v) is 7.07. The van der Waals surface area contributed by atoms with Gasteiger partial charge in [-0.15, -0.1) is 0 Å². The summed E-state index contributed by atoms with van der Waals surface area (Å²) in [5, 5.41) is 0. The molecule has 0 atom stereocenters. The monoisotopic (exact) mass is 358 g/mol. The molecule has 3 rings (SSSR count). The van der Waals surface area contributed by atoms with Gasteiger partial charge < -0.3 is 13.9 Å². The molecule has 1 aliphatic heterocycles. The second kappa shape index (κ2) is 5.91. The molecule has 0 bridgehead atoms. The van der Waals surface area contributed by atoms with E-state index in [1.54, 1.807) is 0 Å². The number of ether oxygens (including phenoxy) is 2. The highest BCUT2D eigenvalue weighted by atomic mass is 19.3. The molecule has 2 aromatic rings. The smallest absolute Gasteiger partial charge is 0.461 e. The zero-order valence-corrected chi connectivity index (χ0v) is 12.4. The topological polar surface area (TPSA) is 65.7 Å². The second-order valence-corrected chi connectivity index (χ2v) is 5.22. The molecule has 5 nitrogen and oxygen atoms in total. The van der Waals surface area contributed by atoms with E-state index in [2.05, 4.69) is 9.47 Å². The zero-order chi connectivity index (χ0) is 18.2. The molecule has 0 N–H and O–H groups in total. The van der Waals surface area contributed by atoms with Gasteiger partial charge in [-0.05, 0) is 30.3 Å². The van der Waals surface area contributed by atoms with Gasteiger partial charge in [-0.25, -0.2) is 0 Å². The van der Waals surface area contributed by atoms with E-state index in [9.17, 15) is 27.2 Å². The fourth-order valence-electron chi connectivity index (χ4n) is 2.17. The Bertz CT molecular complexity index is 814. The van der Waals surface area contributed by atoms with Gasteiger partial charge in [0.2, 0.25) is 0 Å². The van der Waals surface area contributed by atoms with E-state index < -0.39 is 35.3 Å². The molecule has 0 fully saturated rings. The minimum absolute atomic E-state index is 0.0735. The third-order valence-electron chi connectivity index (χ3n) is 3.46. The molecule has 9 heteroatoms. The van der Waals surface area contributed by atoms with E-state index in [4.69, 9.17) is 4.42 Å². The number of Topliss-reactive ketones (excluding diaryl/α,β-unsaturated/α-hetero) is 2. The van der Waals surface area contributed by atoms with Crippen LogP contribution in [0.15, 0.2) is 41.0 Å². The minimum atomic E-state index is -4.86. The van der Waals surface area contributed by atoms with Crippen LogP contribution in [0.2, 0.25) is 0 Å². The summed E-state index contributed by atoms with van der Waals surface area (Å²) in [5.74, 6) is -2.15. The Balaban J connectivity index is 1.72. The molecular formula is C16H10F4O5. The highest BCUT2D eigenvalue weighted by molar-refractivity contribution is 6.01. The van der Waals surface area contributed by atoms with E-state index in [-0.39, 0.29) is 24.2 Å². The van der Waals surface area contributed by atoms with Crippen LogP contribution in [0, 0.1) is 0 Å². The number of benzene rings is 1. The lowest BCUT2D eigenvalue weighted by Gasteiger charge is -2.31. The zero-order valence-electron chi connectivity index (χ0n) is 12.4. The van der Waals surface area contributed by atoms with Gasteiger partial charge in [0.25, 0.3) is 0 Å². The summed E-state index contributed by atoms with van der Waals surface area (Å²) >= 11 is 0. The summed E-state index contributed by atoms with van der Waals surface area (Å²) in [6, 6.07) is 5.89. The number of halogens is 4. The molecule has 0 radical (unpaired) electrons. The Morgan fingerprint density at radius 1 is 0.880 bits per heavy atom. The van der Waals surface area contributed by atoms with Gasteiger partial charge in [-0.3, -0.25) is 9.59 Å². The molecule has 132 valence electrons. The van der Waals surface area contributed by atoms with Crippen molar-refractivity contribution in [2.75, 3.05) is 0 Å². The average Bonchev–Trinajstić information content (AvgIpc) is 3.07. The molecular weight excluding hydrogens is 348 g/mol. The minimum Gasteiger partial charge on any atom is -0.461 e. The van der Waals surface area contributed by atoms with Crippen LogP contribution in [0.25, 0.3) is 0 Å². The third kappa shape index (κ3) is 3.21. The second-order valence-electron chi connectivity index (χ2n) is 5.22. The van der Waals surface area contributed by atoms with Crippen molar-refractivity contribution in [1.82, 2.24) is 0 Å². The number of carbonyl (C=O) groups excluding carboxylic acids is 2. The number of furan rings is 1. The van der Waals surface area contributed by atoms with E-state index in [0.717, 1.165) is 18.2 Å². The Labute approximate surface area is 138 Å². The predicted molar refractivity (Wildman–Crippen MR) is 74.2 cm³/mol. The molecule has 0 saturated heterocycles. The Kier molecular flexibility index (Phi) is 4.02. The molecule has 2 heterocycles. The van der Waals surface area contributed by atoms with Crippen molar-refractivity contribution in [2.24, 2.45) is 0 Å². The first kappa shape index (κ1) is 17.0. The van der Waals surface area contributed by atoms with Crippen LogP contribution in [-0.4, -0.2) is 23.8 Å². The standard InChI is InChI=1S/C16H10F4O5/c17-15(18)16(19,20)25-14-8-9(3-6-13(14)24-15)10(21)4-5-11(22)12-2-1-7-23-12/h1-3,6-8H,4-5H2. The third-order valence-corrected chi connectivity index (χ3v) is 3.46. The van der Waals surface area contributed by atoms with Crippen LogP contribution in [0.4, 0.5) is 17.6 Å². The summed E-state index contributed by atoms with van der Waals surface area (Å²) < 4.78 is 65.2. The highest BCUT2D eigenvalue weighted by Crippen LogP contribution is 2.47. The fourth-order valence-corrected chi connectivity index (χ4v) is 2.17. The number of ketones is 2. The average molecular weight is 358 g/mol. The fraction of sp³-hybridized carbons (Fsp3) is 0.250. The molecule has 0 saturated carbocycles. The summed E-state index contributed by atoms with van der Waals surface area (Å²) in [6.45, 7) is 0. The maximum atomic E-state index is 13.2. The molecule has 0 unspecified atom stereocenters. The lowest BCUT2D eigenvalue weighted by Crippen LogP contribution is -2.52. The van der Waals surface area contributed by atoms with Crippen LogP contribution in [0.1, 0.15) is 33.8 Å². The summed E-state index contributed by atoms with van der Waals surface area (Å²) in [4.78, 5) is 23.8. The Morgan fingerprint density at radius 3 is 2.16 bits per heavy atom. The molecule has 0 aliphatic carbocycles. The van der Waals surface area contributed by atoms with Crippen LogP contribution in [-0.2, 0) is 0 Å². The van der Waals surface area contributed by atoms with Crippen molar-refractivity contribution in [3.8, 4) is 11.5 Å². The van der Waals surface area contributed by atoms with Crippen molar-refractivity contribution in [1.29, 1.82) is 0 Å². The molecule has 1 aromatic heterocycles. The summed E-state index contributed by atoms with van der Waals surface area (Å²) in [6.07, 6.45) is -8.75. The van der Waals surface area contributed by atoms with Crippen molar-refractivity contribution in [3.05, 3.63) is 47.9 Å². The largest absolute Gasteiger partial charge is 0.507 e. The summed E-state index contributed by atoms with van der Waals surface area (Å²) in [7, 11) is 0. The van der Waals surface area contributed by atoms with Crippen LogP contribution < -0.4 is 9.47 Å². The van der Waals surface area contributed by atoms with Gasteiger partial charge in [0.05, 0.1) is 6.26 Å². The SMILES string of the molecule is O=C(CCC(=O)c1ccco1)c1ccc2c(c1)OC(F)(F)C(F)(F)O2.